The number of rotatable bonds is 9. The molecule has 4 heteroatoms. The molecule has 1 aromatic carbocycles. The van der Waals surface area contributed by atoms with E-state index in [1.807, 2.05) is 6.07 Å². The van der Waals surface area contributed by atoms with Crippen LogP contribution in [-0.2, 0) is 11.3 Å². The fourth-order valence-corrected chi connectivity index (χ4v) is 1.93. The largest absolute Gasteiger partial charge is 0.493 e. The summed E-state index contributed by atoms with van der Waals surface area (Å²) in [6, 6.07) is 6.21. The maximum atomic E-state index is 11.1. The van der Waals surface area contributed by atoms with E-state index in [2.05, 4.69) is 36.6 Å². The van der Waals surface area contributed by atoms with Crippen molar-refractivity contribution in [2.45, 2.75) is 39.7 Å². The zero-order valence-corrected chi connectivity index (χ0v) is 12.8. The molecule has 1 aromatic rings. The molecular weight excluding hydrogens is 252 g/mol. The van der Waals surface area contributed by atoms with Crippen LogP contribution < -0.4 is 15.4 Å². The van der Waals surface area contributed by atoms with Crippen molar-refractivity contribution in [3.63, 3.8) is 0 Å². The van der Waals surface area contributed by atoms with Gasteiger partial charge in [0.15, 0.2) is 0 Å². The lowest BCUT2D eigenvalue weighted by molar-refractivity contribution is -0.120. The normalized spacial score (nSPS) is 10.3. The lowest BCUT2D eigenvalue weighted by Crippen LogP contribution is -2.18. The Labute approximate surface area is 121 Å². The predicted molar refractivity (Wildman–Crippen MR) is 82.0 cm³/mol. The first-order chi connectivity index (χ1) is 9.67. The maximum absolute atomic E-state index is 11.1. The Bertz CT molecular complexity index is 419. The zero-order chi connectivity index (χ0) is 14.8. The van der Waals surface area contributed by atoms with Crippen molar-refractivity contribution in [3.05, 3.63) is 29.3 Å². The molecular formula is C16H26N2O2. The molecule has 0 atom stereocenters. The smallest absolute Gasteiger partial charge is 0.219 e. The van der Waals surface area contributed by atoms with E-state index in [-0.39, 0.29) is 5.91 Å². The summed E-state index contributed by atoms with van der Waals surface area (Å²) in [5.74, 6) is 0.971. The van der Waals surface area contributed by atoms with Crippen LogP contribution in [0, 0.1) is 6.92 Å². The Morgan fingerprint density at radius 3 is 2.85 bits per heavy atom. The second kappa shape index (κ2) is 9.37. The highest BCUT2D eigenvalue weighted by atomic mass is 16.5. The molecule has 0 unspecified atom stereocenters. The SMILES string of the molecule is CCCNCc1cc(C)ccc1OCCCC(=O)NC. The highest BCUT2D eigenvalue weighted by Gasteiger charge is 2.05. The van der Waals surface area contributed by atoms with E-state index < -0.39 is 0 Å². The standard InChI is InChI=1S/C16H26N2O2/c1-4-9-18-12-14-11-13(2)7-8-15(14)20-10-5-6-16(19)17-3/h7-8,11,18H,4-6,9-10,12H2,1-3H3,(H,17,19). The second-order valence-electron chi connectivity index (χ2n) is 4.91. The van der Waals surface area contributed by atoms with Gasteiger partial charge in [0.2, 0.25) is 5.91 Å². The molecule has 20 heavy (non-hydrogen) atoms. The van der Waals surface area contributed by atoms with Crippen LogP contribution in [0.5, 0.6) is 5.75 Å². The quantitative estimate of drug-likeness (QED) is 0.682. The molecule has 0 aliphatic heterocycles. The van der Waals surface area contributed by atoms with Gasteiger partial charge in [-0.25, -0.2) is 0 Å². The topological polar surface area (TPSA) is 50.4 Å². The Morgan fingerprint density at radius 2 is 2.15 bits per heavy atom. The van der Waals surface area contributed by atoms with Gasteiger partial charge < -0.3 is 15.4 Å². The first kappa shape index (κ1) is 16.5. The van der Waals surface area contributed by atoms with Gasteiger partial charge in [-0.1, -0.05) is 24.6 Å². The van der Waals surface area contributed by atoms with Crippen LogP contribution in [-0.4, -0.2) is 26.1 Å². The van der Waals surface area contributed by atoms with E-state index >= 15 is 0 Å². The molecule has 1 rings (SSSR count). The van der Waals surface area contributed by atoms with E-state index in [0.717, 1.165) is 31.7 Å². The third-order valence-electron chi connectivity index (χ3n) is 3.04. The van der Waals surface area contributed by atoms with Crippen molar-refractivity contribution < 1.29 is 9.53 Å². The van der Waals surface area contributed by atoms with E-state index in [1.165, 1.54) is 11.1 Å². The summed E-state index contributed by atoms with van der Waals surface area (Å²) in [5, 5.41) is 6.00. The minimum Gasteiger partial charge on any atom is -0.493 e. The predicted octanol–water partition coefficient (Wildman–Crippen LogP) is 2.40. The Morgan fingerprint density at radius 1 is 1.35 bits per heavy atom. The van der Waals surface area contributed by atoms with Crippen LogP contribution in [0.3, 0.4) is 0 Å². The number of nitrogens with one attached hydrogen (secondary N) is 2. The Hall–Kier alpha value is -1.55. The van der Waals surface area contributed by atoms with Gasteiger partial charge >= 0.3 is 0 Å². The average molecular weight is 278 g/mol. The van der Waals surface area contributed by atoms with Crippen molar-refractivity contribution in [3.8, 4) is 5.75 Å². The molecule has 0 saturated carbocycles. The minimum absolute atomic E-state index is 0.0577. The van der Waals surface area contributed by atoms with Gasteiger partial charge in [0, 0.05) is 25.6 Å². The zero-order valence-electron chi connectivity index (χ0n) is 12.8. The molecule has 0 aliphatic rings. The van der Waals surface area contributed by atoms with Gasteiger partial charge in [0.1, 0.15) is 5.75 Å². The van der Waals surface area contributed by atoms with E-state index in [9.17, 15) is 4.79 Å². The van der Waals surface area contributed by atoms with Crippen LogP contribution in [0.1, 0.15) is 37.3 Å². The molecule has 0 aromatic heterocycles. The second-order valence-corrected chi connectivity index (χ2v) is 4.91. The van der Waals surface area contributed by atoms with E-state index in [1.54, 1.807) is 7.05 Å². The van der Waals surface area contributed by atoms with Crippen molar-refractivity contribution in [1.29, 1.82) is 0 Å². The number of hydrogen-bond donors (Lipinski definition) is 2. The lowest BCUT2D eigenvalue weighted by atomic mass is 10.1. The van der Waals surface area contributed by atoms with Gasteiger partial charge in [-0.05, 0) is 32.4 Å². The highest BCUT2D eigenvalue weighted by molar-refractivity contribution is 5.75. The molecule has 112 valence electrons. The number of carbonyl (C=O) groups excluding carboxylic acids is 1. The number of aryl methyl sites for hydroxylation is 1. The Kier molecular flexibility index (Phi) is 7.73. The van der Waals surface area contributed by atoms with E-state index in [0.29, 0.717) is 13.0 Å². The van der Waals surface area contributed by atoms with Crippen LogP contribution in [0.15, 0.2) is 18.2 Å². The van der Waals surface area contributed by atoms with Crippen LogP contribution in [0.2, 0.25) is 0 Å². The fraction of sp³-hybridized carbons (Fsp3) is 0.562. The molecule has 0 fully saturated rings. The molecule has 0 bridgehead atoms. The number of carbonyl (C=O) groups is 1. The summed E-state index contributed by atoms with van der Waals surface area (Å²) in [4.78, 5) is 11.1. The van der Waals surface area contributed by atoms with Crippen molar-refractivity contribution in [2.75, 3.05) is 20.2 Å². The van der Waals surface area contributed by atoms with Crippen molar-refractivity contribution in [2.24, 2.45) is 0 Å². The van der Waals surface area contributed by atoms with E-state index in [4.69, 9.17) is 4.74 Å². The molecule has 0 radical (unpaired) electrons. The summed E-state index contributed by atoms with van der Waals surface area (Å²) in [7, 11) is 1.65. The van der Waals surface area contributed by atoms with Gasteiger partial charge in [-0.15, -0.1) is 0 Å². The third kappa shape index (κ3) is 6.06. The molecule has 2 N–H and O–H groups in total. The number of benzene rings is 1. The lowest BCUT2D eigenvalue weighted by Gasteiger charge is -2.13. The van der Waals surface area contributed by atoms with Crippen LogP contribution in [0.4, 0.5) is 0 Å². The molecule has 1 amide bonds. The third-order valence-corrected chi connectivity index (χ3v) is 3.04. The first-order valence-electron chi connectivity index (χ1n) is 7.31. The summed E-state index contributed by atoms with van der Waals surface area (Å²) < 4.78 is 5.80. The van der Waals surface area contributed by atoms with Crippen molar-refractivity contribution in [1.82, 2.24) is 10.6 Å². The maximum Gasteiger partial charge on any atom is 0.219 e. The fourth-order valence-electron chi connectivity index (χ4n) is 1.93. The molecule has 0 spiro atoms. The van der Waals surface area contributed by atoms with Crippen LogP contribution in [0.25, 0.3) is 0 Å². The Balaban J connectivity index is 2.48. The summed E-state index contributed by atoms with van der Waals surface area (Å²) in [5.41, 5.74) is 2.41. The van der Waals surface area contributed by atoms with Gasteiger partial charge in [0.05, 0.1) is 6.61 Å². The van der Waals surface area contributed by atoms with Crippen LogP contribution >= 0.6 is 0 Å². The number of amides is 1. The average Bonchev–Trinajstić information content (AvgIpc) is 2.45. The summed E-state index contributed by atoms with van der Waals surface area (Å²) in [6.45, 7) is 6.62. The van der Waals surface area contributed by atoms with Gasteiger partial charge in [0.25, 0.3) is 0 Å². The highest BCUT2D eigenvalue weighted by Crippen LogP contribution is 2.20. The summed E-state index contributed by atoms with van der Waals surface area (Å²) >= 11 is 0. The molecule has 0 saturated heterocycles. The minimum atomic E-state index is 0.0577. The molecule has 4 nitrogen and oxygen atoms in total. The summed E-state index contributed by atoms with van der Waals surface area (Å²) in [6.07, 6.45) is 2.36. The van der Waals surface area contributed by atoms with Crippen molar-refractivity contribution >= 4 is 5.91 Å². The van der Waals surface area contributed by atoms with Gasteiger partial charge in [-0.3, -0.25) is 4.79 Å². The van der Waals surface area contributed by atoms with Gasteiger partial charge in [-0.2, -0.15) is 0 Å². The number of ether oxygens (including phenoxy) is 1. The molecule has 0 aliphatic carbocycles. The molecule has 0 heterocycles. The number of hydrogen-bond acceptors (Lipinski definition) is 3. The monoisotopic (exact) mass is 278 g/mol. The first-order valence-corrected chi connectivity index (χ1v) is 7.31.